The maximum Gasteiger partial charge on any atom is 1.00 e. The maximum atomic E-state index is 12.2. The van der Waals surface area contributed by atoms with E-state index in [1.165, 1.54) is 12.1 Å². The third-order valence-electron chi connectivity index (χ3n) is 2.56. The van der Waals surface area contributed by atoms with Crippen LogP contribution >= 0.6 is 0 Å². The summed E-state index contributed by atoms with van der Waals surface area (Å²) in [7, 11) is -8.58. The number of alkyl halides is 3. The Morgan fingerprint density at radius 2 is 1.24 bits per heavy atom. The second kappa shape index (κ2) is 18.0. The minimum atomic E-state index is -5.66. The van der Waals surface area contributed by atoms with Gasteiger partial charge in [-0.1, -0.05) is 30.3 Å². The Morgan fingerprint density at radius 1 is 0.828 bits per heavy atom. The van der Waals surface area contributed by atoms with E-state index in [4.69, 9.17) is 19.8 Å². The molecule has 0 atom stereocenters. The van der Waals surface area contributed by atoms with Gasteiger partial charge in [-0.05, 0) is 29.8 Å². The molecule has 2 rings (SSSR count). The predicted octanol–water partition coefficient (Wildman–Crippen LogP) is -9.44. The Kier molecular flexibility index (Phi) is 22.5. The van der Waals surface area contributed by atoms with Crippen LogP contribution in [0.5, 0.6) is 11.5 Å². The fraction of sp³-hybridized carbons (Fsp3) is 0.143. The minimum Gasteiger partial charge on any atom is -0.907 e. The molecule has 0 aliphatic heterocycles. The molecule has 0 heterocycles. The minimum absolute atomic E-state index is 0. The molecule has 0 bridgehead atoms. The van der Waals surface area contributed by atoms with Gasteiger partial charge in [0.2, 0.25) is 0 Å². The summed E-state index contributed by atoms with van der Waals surface area (Å²) in [6.45, 7) is 0.280. The Morgan fingerprint density at radius 3 is 1.66 bits per heavy atom. The summed E-state index contributed by atoms with van der Waals surface area (Å²) in [5, 5.41) is 25.2. The van der Waals surface area contributed by atoms with Gasteiger partial charge in [0.25, 0.3) is 0 Å². The van der Waals surface area contributed by atoms with Crippen LogP contribution in [0.25, 0.3) is 0 Å². The van der Waals surface area contributed by atoms with E-state index in [1.807, 2.05) is 30.3 Å². The van der Waals surface area contributed by atoms with E-state index in [0.29, 0.717) is 5.75 Å². The Balaban J connectivity index is -0.000000885. The first-order valence-electron chi connectivity index (χ1n) is 6.76. The molecule has 0 fully saturated rings. The molecule has 2 aromatic carbocycles. The van der Waals surface area contributed by atoms with Gasteiger partial charge in [0.1, 0.15) is 18.1 Å². The molecule has 0 amide bonds. The number of halogens is 3. The molecule has 15 heteroatoms. The third kappa shape index (κ3) is 16.0. The molecule has 142 valence electrons. The van der Waals surface area contributed by atoms with E-state index in [9.17, 15) is 21.6 Å². The second-order valence-corrected chi connectivity index (χ2v) is 6.06. The summed E-state index contributed by atoms with van der Waals surface area (Å²) in [5.41, 5.74) is -4.54. The fourth-order valence-electron chi connectivity index (χ4n) is 1.51. The van der Waals surface area contributed by atoms with Crippen LogP contribution in [0.3, 0.4) is 0 Å². The van der Waals surface area contributed by atoms with Crippen molar-refractivity contribution in [2.45, 2.75) is 12.1 Å². The molecule has 0 spiro atoms. The van der Waals surface area contributed by atoms with E-state index in [2.05, 4.69) is 4.18 Å². The van der Waals surface area contributed by atoms with Gasteiger partial charge in [-0.3, -0.25) is 7.32 Å². The Bertz CT molecular complexity index is 777. The number of hydrogen-bond acceptors (Lipinski definition) is 7. The van der Waals surface area contributed by atoms with Crippen LogP contribution in [0.1, 0.15) is 5.56 Å². The molecule has 0 aliphatic carbocycles. The fourth-order valence-corrected chi connectivity index (χ4v) is 1.97. The van der Waals surface area contributed by atoms with E-state index in [1.54, 1.807) is 0 Å². The molecule has 0 aliphatic rings. The summed E-state index contributed by atoms with van der Waals surface area (Å²) >= 11 is 0. The molecule has 7 nitrogen and oxygen atoms in total. The van der Waals surface area contributed by atoms with Crippen LogP contribution in [-0.4, -0.2) is 21.2 Å². The summed E-state index contributed by atoms with van der Waals surface area (Å²) in [6.07, 6.45) is 0. The molecule has 29 heavy (non-hydrogen) atoms. The third-order valence-corrected chi connectivity index (χ3v) is 3.54. The first-order valence-corrected chi connectivity index (χ1v) is 8.17. The molecule has 0 saturated heterocycles. The van der Waals surface area contributed by atoms with E-state index in [-0.39, 0.29) is 161 Å². The molecule has 2 aromatic rings. The SMILES string of the molecule is O=S(=O)(Oc1ccc(OCc2ccccc2)cc1)C(F)(F)F.[K+].[K+].[K+].[O-]B([O-])[O-]. The van der Waals surface area contributed by atoms with Gasteiger partial charge >= 0.3 is 170 Å². The zero-order valence-electron chi connectivity index (χ0n) is 15.9. The van der Waals surface area contributed by atoms with Crippen molar-refractivity contribution in [2.24, 2.45) is 0 Å². The topological polar surface area (TPSA) is 122 Å². The Hall–Kier alpha value is 2.63. The molecule has 0 N–H and O–H groups in total. The first-order chi connectivity index (χ1) is 12.0. The van der Waals surface area contributed by atoms with Crippen LogP contribution in [0.4, 0.5) is 13.2 Å². The van der Waals surface area contributed by atoms with Gasteiger partial charge in [-0.2, -0.15) is 21.6 Å². The predicted molar refractivity (Wildman–Crippen MR) is 78.6 cm³/mol. The molecule has 0 unspecified atom stereocenters. The second-order valence-electron chi connectivity index (χ2n) is 4.52. The summed E-state index contributed by atoms with van der Waals surface area (Å²) in [6, 6.07) is 14.1. The number of ether oxygens (including phenoxy) is 1. The van der Waals surface area contributed by atoms with Gasteiger partial charge in [0.15, 0.2) is 0 Å². The first kappa shape index (κ1) is 36.2. The average Bonchev–Trinajstić information content (AvgIpc) is 2.53. The van der Waals surface area contributed by atoms with Crippen molar-refractivity contribution >= 4 is 17.4 Å². The number of benzene rings is 2. The summed E-state index contributed by atoms with van der Waals surface area (Å²) in [5.74, 6) is -0.0648. The van der Waals surface area contributed by atoms with Gasteiger partial charge in [-0.15, -0.1) is 0 Å². The van der Waals surface area contributed by atoms with Crippen molar-refractivity contribution in [1.29, 1.82) is 0 Å². The van der Waals surface area contributed by atoms with Crippen LogP contribution < -0.4 is 178 Å². The number of hydrogen-bond donors (Lipinski definition) is 0. The normalized spacial score (nSPS) is 10.0. The zero-order valence-corrected chi connectivity index (χ0v) is 26.1. The quantitative estimate of drug-likeness (QED) is 0.223. The van der Waals surface area contributed by atoms with Crippen LogP contribution in [0, 0.1) is 0 Å². The number of rotatable bonds is 5. The summed E-state index contributed by atoms with van der Waals surface area (Å²) < 4.78 is 67.6. The largest absolute Gasteiger partial charge is 1.00 e. The van der Waals surface area contributed by atoms with Crippen LogP contribution in [0.15, 0.2) is 54.6 Å². The zero-order chi connectivity index (χ0) is 19.8. The van der Waals surface area contributed by atoms with Crippen molar-refractivity contribution < 1.29 is 200 Å². The maximum absolute atomic E-state index is 12.2. The van der Waals surface area contributed by atoms with Gasteiger partial charge in [0.05, 0.1) is 0 Å². The van der Waals surface area contributed by atoms with E-state index in [0.717, 1.165) is 17.7 Å². The van der Waals surface area contributed by atoms with Gasteiger partial charge in [0, 0.05) is 0 Å². The standard InChI is InChI=1S/C14H11F3O4S.BO3.3K/c15-14(16,17)22(18,19)21-13-8-6-12(7-9-13)20-10-11-4-2-1-3-5-11;2-1(3)4;;;/h1-9H,10H2;;;;/q;-3;3*+1. The van der Waals surface area contributed by atoms with Crippen molar-refractivity contribution in [3.8, 4) is 11.5 Å². The summed E-state index contributed by atoms with van der Waals surface area (Å²) in [4.78, 5) is 0. The van der Waals surface area contributed by atoms with Gasteiger partial charge in [-0.25, -0.2) is 0 Å². The monoisotopic (exact) mass is 508 g/mol. The van der Waals surface area contributed by atoms with E-state index < -0.39 is 28.7 Å². The van der Waals surface area contributed by atoms with Gasteiger partial charge < -0.3 is 24.0 Å². The Labute approximate surface area is 294 Å². The van der Waals surface area contributed by atoms with Crippen molar-refractivity contribution in [3.63, 3.8) is 0 Å². The van der Waals surface area contributed by atoms with Crippen molar-refractivity contribution in [1.82, 2.24) is 0 Å². The van der Waals surface area contributed by atoms with E-state index >= 15 is 0 Å². The van der Waals surface area contributed by atoms with Crippen LogP contribution in [-0.2, 0) is 16.7 Å². The molecule has 0 saturated carbocycles. The molecule has 0 radical (unpaired) electrons. The smallest absolute Gasteiger partial charge is 0.907 e. The van der Waals surface area contributed by atoms with Crippen molar-refractivity contribution in [2.75, 3.05) is 0 Å². The van der Waals surface area contributed by atoms with Crippen molar-refractivity contribution in [3.05, 3.63) is 60.2 Å². The molecular weight excluding hydrogens is 497 g/mol. The molecular formula is C14H11BF3K3O7S. The molecule has 0 aromatic heterocycles. The average molecular weight is 508 g/mol. The van der Waals surface area contributed by atoms with Crippen LogP contribution in [0.2, 0.25) is 0 Å².